The maximum Gasteiger partial charge on any atom is 0.326 e. The first kappa shape index (κ1) is 18.2. The van der Waals surface area contributed by atoms with Gasteiger partial charge in [-0.2, -0.15) is 0 Å². The van der Waals surface area contributed by atoms with Gasteiger partial charge in [0.1, 0.15) is 11.0 Å². The molecule has 0 aromatic carbocycles. The van der Waals surface area contributed by atoms with Crippen molar-refractivity contribution in [3.8, 4) is 0 Å². The van der Waals surface area contributed by atoms with Crippen molar-refractivity contribution >= 4 is 34.1 Å². The standard InChI is InChI=1S/C15H22N2O4S/c1-7(2)11(15(20)21)16-13(19)10-6-9(5)22-14(10)17-12(18)8(3)4/h6-8,11H,1-5H3,(H,16,19)(H,17,18)(H,20,21). The highest BCUT2D eigenvalue weighted by Crippen LogP contribution is 2.28. The Morgan fingerprint density at radius 3 is 2.23 bits per heavy atom. The summed E-state index contributed by atoms with van der Waals surface area (Å²) in [5.41, 5.74) is 0.295. The third-order valence-corrected chi connectivity index (χ3v) is 4.05. The van der Waals surface area contributed by atoms with Gasteiger partial charge in [0.05, 0.1) is 5.56 Å². The molecule has 2 amide bonds. The summed E-state index contributed by atoms with van der Waals surface area (Å²) >= 11 is 1.29. The van der Waals surface area contributed by atoms with E-state index in [1.807, 2.05) is 6.92 Å². The zero-order valence-corrected chi connectivity index (χ0v) is 14.2. The summed E-state index contributed by atoms with van der Waals surface area (Å²) in [4.78, 5) is 36.2. The minimum atomic E-state index is -1.08. The Kier molecular flexibility index (Phi) is 6.11. The van der Waals surface area contributed by atoms with Crippen LogP contribution in [-0.2, 0) is 9.59 Å². The predicted molar refractivity (Wildman–Crippen MR) is 86.3 cm³/mol. The fourth-order valence-electron chi connectivity index (χ4n) is 1.76. The number of carboxylic acids is 1. The smallest absolute Gasteiger partial charge is 0.326 e. The number of nitrogens with one attached hydrogen (secondary N) is 2. The molecule has 1 atom stereocenters. The van der Waals surface area contributed by atoms with Gasteiger partial charge in [-0.3, -0.25) is 9.59 Å². The van der Waals surface area contributed by atoms with E-state index in [2.05, 4.69) is 10.6 Å². The normalized spacial score (nSPS) is 12.3. The van der Waals surface area contributed by atoms with Crippen LogP contribution in [0.1, 0.15) is 42.9 Å². The zero-order valence-electron chi connectivity index (χ0n) is 13.4. The monoisotopic (exact) mass is 326 g/mol. The van der Waals surface area contributed by atoms with Crippen molar-refractivity contribution in [1.82, 2.24) is 5.32 Å². The average molecular weight is 326 g/mol. The molecule has 1 heterocycles. The van der Waals surface area contributed by atoms with Gasteiger partial charge in [-0.25, -0.2) is 4.79 Å². The molecule has 0 aliphatic heterocycles. The third kappa shape index (κ3) is 4.56. The Balaban J connectivity index is 2.98. The Bertz CT molecular complexity index is 578. The van der Waals surface area contributed by atoms with Gasteiger partial charge in [-0.1, -0.05) is 27.7 Å². The van der Waals surface area contributed by atoms with E-state index in [0.29, 0.717) is 10.6 Å². The van der Waals surface area contributed by atoms with Gasteiger partial charge in [0, 0.05) is 10.8 Å². The van der Waals surface area contributed by atoms with E-state index in [1.165, 1.54) is 11.3 Å². The highest BCUT2D eigenvalue weighted by Gasteiger charge is 2.26. The molecule has 6 nitrogen and oxygen atoms in total. The van der Waals surface area contributed by atoms with Crippen LogP contribution in [0.4, 0.5) is 5.00 Å². The van der Waals surface area contributed by atoms with Crippen LogP contribution in [0.2, 0.25) is 0 Å². The molecule has 0 aliphatic carbocycles. The molecule has 0 aliphatic rings. The number of aryl methyl sites for hydroxylation is 1. The largest absolute Gasteiger partial charge is 0.480 e. The van der Waals surface area contributed by atoms with Crippen LogP contribution in [-0.4, -0.2) is 28.9 Å². The molecule has 7 heteroatoms. The Morgan fingerprint density at radius 2 is 1.77 bits per heavy atom. The summed E-state index contributed by atoms with van der Waals surface area (Å²) in [6.45, 7) is 8.78. The van der Waals surface area contributed by atoms with Crippen LogP contribution >= 0.6 is 11.3 Å². The Hall–Kier alpha value is -1.89. The fraction of sp³-hybridized carbons (Fsp3) is 0.533. The SMILES string of the molecule is Cc1cc(C(=O)NC(C(=O)O)C(C)C)c(NC(=O)C(C)C)s1. The van der Waals surface area contributed by atoms with E-state index in [0.717, 1.165) is 4.88 Å². The maximum atomic E-state index is 12.3. The van der Waals surface area contributed by atoms with Crippen molar-refractivity contribution in [2.45, 2.75) is 40.7 Å². The van der Waals surface area contributed by atoms with Gasteiger partial charge < -0.3 is 15.7 Å². The molecule has 1 rings (SSSR count). The van der Waals surface area contributed by atoms with Gasteiger partial charge in [-0.05, 0) is 18.9 Å². The molecule has 0 saturated carbocycles. The lowest BCUT2D eigenvalue weighted by Crippen LogP contribution is -2.44. The number of amides is 2. The lowest BCUT2D eigenvalue weighted by molar-refractivity contribution is -0.140. The van der Waals surface area contributed by atoms with E-state index in [-0.39, 0.29) is 17.7 Å². The van der Waals surface area contributed by atoms with Gasteiger partial charge >= 0.3 is 5.97 Å². The number of anilines is 1. The van der Waals surface area contributed by atoms with Crippen LogP contribution in [0.3, 0.4) is 0 Å². The molecule has 122 valence electrons. The summed E-state index contributed by atoms with van der Waals surface area (Å²) in [6.07, 6.45) is 0. The third-order valence-electron chi connectivity index (χ3n) is 3.08. The molecule has 0 saturated heterocycles. The lowest BCUT2D eigenvalue weighted by atomic mass is 10.0. The quantitative estimate of drug-likeness (QED) is 0.748. The van der Waals surface area contributed by atoms with Crippen molar-refractivity contribution in [2.24, 2.45) is 11.8 Å². The molecule has 0 fully saturated rings. The van der Waals surface area contributed by atoms with Crippen LogP contribution in [0, 0.1) is 18.8 Å². The van der Waals surface area contributed by atoms with Crippen LogP contribution < -0.4 is 10.6 Å². The highest BCUT2D eigenvalue weighted by atomic mass is 32.1. The first-order valence-electron chi connectivity index (χ1n) is 7.08. The van der Waals surface area contributed by atoms with Crippen molar-refractivity contribution in [1.29, 1.82) is 0 Å². The van der Waals surface area contributed by atoms with Crippen LogP contribution in [0.5, 0.6) is 0 Å². The van der Waals surface area contributed by atoms with Crippen molar-refractivity contribution in [3.63, 3.8) is 0 Å². The molecular formula is C15H22N2O4S. The molecular weight excluding hydrogens is 304 g/mol. The number of hydrogen-bond donors (Lipinski definition) is 3. The first-order chi connectivity index (χ1) is 10.1. The molecule has 22 heavy (non-hydrogen) atoms. The van der Waals surface area contributed by atoms with E-state index in [1.54, 1.807) is 33.8 Å². The minimum absolute atomic E-state index is 0.186. The second-order valence-electron chi connectivity index (χ2n) is 5.78. The number of hydrogen-bond acceptors (Lipinski definition) is 4. The first-order valence-corrected chi connectivity index (χ1v) is 7.90. The Morgan fingerprint density at radius 1 is 1.18 bits per heavy atom. The zero-order chi connectivity index (χ0) is 17.0. The number of rotatable bonds is 6. The molecule has 0 radical (unpaired) electrons. The number of aliphatic carboxylic acids is 1. The lowest BCUT2D eigenvalue weighted by Gasteiger charge is -2.18. The molecule has 1 unspecified atom stereocenters. The van der Waals surface area contributed by atoms with Crippen molar-refractivity contribution < 1.29 is 19.5 Å². The van der Waals surface area contributed by atoms with Gasteiger partial charge in [0.25, 0.3) is 5.91 Å². The maximum absolute atomic E-state index is 12.3. The average Bonchev–Trinajstić information content (AvgIpc) is 2.75. The number of carboxylic acid groups (broad SMARTS) is 1. The molecule has 1 aromatic rings. The number of carbonyl (C=O) groups is 3. The van der Waals surface area contributed by atoms with E-state index in [4.69, 9.17) is 5.11 Å². The summed E-state index contributed by atoms with van der Waals surface area (Å²) in [7, 11) is 0. The van der Waals surface area contributed by atoms with Crippen LogP contribution in [0.15, 0.2) is 6.07 Å². The second-order valence-corrected chi connectivity index (χ2v) is 7.03. The molecule has 0 bridgehead atoms. The summed E-state index contributed by atoms with van der Waals surface area (Å²) in [5, 5.41) is 14.8. The summed E-state index contributed by atoms with van der Waals surface area (Å²) < 4.78 is 0. The predicted octanol–water partition coefficient (Wildman–Crippen LogP) is 2.49. The van der Waals surface area contributed by atoms with E-state index in [9.17, 15) is 14.4 Å². The summed E-state index contributed by atoms with van der Waals surface area (Å²) in [5.74, 6) is -2.21. The second kappa shape index (κ2) is 7.40. The van der Waals surface area contributed by atoms with E-state index >= 15 is 0 Å². The summed E-state index contributed by atoms with van der Waals surface area (Å²) in [6, 6.07) is 0.677. The Labute approximate surface area is 133 Å². The fourth-order valence-corrected chi connectivity index (χ4v) is 2.68. The van der Waals surface area contributed by atoms with Gasteiger partial charge in [-0.15, -0.1) is 11.3 Å². The van der Waals surface area contributed by atoms with Gasteiger partial charge in [0.15, 0.2) is 0 Å². The van der Waals surface area contributed by atoms with Crippen molar-refractivity contribution in [3.05, 3.63) is 16.5 Å². The van der Waals surface area contributed by atoms with E-state index < -0.39 is 17.9 Å². The number of thiophene rings is 1. The molecule has 1 aromatic heterocycles. The molecule has 0 spiro atoms. The topological polar surface area (TPSA) is 95.5 Å². The highest BCUT2D eigenvalue weighted by molar-refractivity contribution is 7.16. The van der Waals surface area contributed by atoms with Crippen molar-refractivity contribution in [2.75, 3.05) is 5.32 Å². The minimum Gasteiger partial charge on any atom is -0.480 e. The van der Waals surface area contributed by atoms with Gasteiger partial charge in [0.2, 0.25) is 5.91 Å². The number of carbonyl (C=O) groups excluding carboxylic acids is 2. The molecule has 3 N–H and O–H groups in total. The van der Waals surface area contributed by atoms with Crippen LogP contribution in [0.25, 0.3) is 0 Å².